The van der Waals surface area contributed by atoms with Gasteiger partial charge in [-0.25, -0.2) is 4.79 Å². The van der Waals surface area contributed by atoms with Gasteiger partial charge in [0.25, 0.3) is 0 Å². The Kier molecular flexibility index (Phi) is 4.99. The summed E-state index contributed by atoms with van der Waals surface area (Å²) >= 11 is 0. The first kappa shape index (κ1) is 21.4. The minimum atomic E-state index is -0.717. The molecule has 2 aromatic heterocycles. The summed E-state index contributed by atoms with van der Waals surface area (Å²) in [5.74, 6) is -0.190. The second-order valence-electron chi connectivity index (χ2n) is 9.84. The van der Waals surface area contributed by atoms with Crippen molar-refractivity contribution in [1.82, 2.24) is 35.0 Å². The van der Waals surface area contributed by atoms with Gasteiger partial charge in [0.05, 0.1) is 34.3 Å². The Bertz CT molecular complexity index is 1130. The highest BCUT2D eigenvalue weighted by Crippen LogP contribution is 2.52. The Hall–Kier alpha value is -3.18. The summed E-state index contributed by atoms with van der Waals surface area (Å²) in [6.45, 7) is 3.06. The molecule has 1 amide bonds. The maximum Gasteiger partial charge on any atom is 0.336 e. The molecule has 11 nitrogen and oxygen atoms in total. The Morgan fingerprint density at radius 1 is 1.24 bits per heavy atom. The Balaban J connectivity index is 1.14. The van der Waals surface area contributed by atoms with Gasteiger partial charge in [-0.15, -0.1) is 5.10 Å². The van der Waals surface area contributed by atoms with Crippen LogP contribution in [0.3, 0.4) is 0 Å². The number of nitrogens with zero attached hydrogens (tertiary/aromatic N) is 7. The molecule has 11 heteroatoms. The first-order chi connectivity index (χ1) is 16.4. The van der Waals surface area contributed by atoms with Crippen molar-refractivity contribution in [3.8, 4) is 5.69 Å². The molecule has 6 rings (SSSR count). The van der Waals surface area contributed by atoms with E-state index < -0.39 is 6.10 Å². The van der Waals surface area contributed by atoms with Crippen molar-refractivity contribution < 1.29 is 19.4 Å². The lowest BCUT2D eigenvalue weighted by molar-refractivity contribution is -0.140. The van der Waals surface area contributed by atoms with Crippen molar-refractivity contribution in [2.45, 2.75) is 57.2 Å². The molecule has 6 heterocycles. The summed E-state index contributed by atoms with van der Waals surface area (Å²) in [5.41, 5.74) is 2.23. The number of hydrogen-bond acceptors (Lipinski definition) is 9. The Morgan fingerprint density at radius 2 is 2.03 bits per heavy atom. The van der Waals surface area contributed by atoms with Gasteiger partial charge in [-0.3, -0.25) is 14.7 Å². The lowest BCUT2D eigenvalue weighted by Gasteiger charge is -2.44. The number of fused-ring (bicyclic) bond motifs is 2. The molecule has 0 aliphatic carbocycles. The largest absolute Gasteiger partial charge is 0.456 e. The number of aromatic nitrogens is 5. The average molecular weight is 466 g/mol. The fourth-order valence-electron chi connectivity index (χ4n) is 6.25. The summed E-state index contributed by atoms with van der Waals surface area (Å²) < 4.78 is 6.65. The first-order valence-corrected chi connectivity index (χ1v) is 11.8. The molecule has 0 radical (unpaired) electrons. The van der Waals surface area contributed by atoms with E-state index in [2.05, 4.69) is 25.4 Å². The van der Waals surface area contributed by atoms with Crippen LogP contribution in [0.4, 0.5) is 0 Å². The van der Waals surface area contributed by atoms with Crippen LogP contribution in [0.2, 0.25) is 0 Å². The lowest BCUT2D eigenvalue weighted by Crippen LogP contribution is -2.51. The second kappa shape index (κ2) is 7.95. The third-order valence-corrected chi connectivity index (χ3v) is 8.05. The highest BCUT2D eigenvalue weighted by Gasteiger charge is 2.56. The summed E-state index contributed by atoms with van der Waals surface area (Å²) in [7, 11) is 0. The number of carbonyl (C=O) groups is 2. The number of likely N-dealkylation sites (tertiary alicyclic amines) is 1. The molecule has 0 aromatic carbocycles. The lowest BCUT2D eigenvalue weighted by atomic mass is 9.73. The van der Waals surface area contributed by atoms with Crippen LogP contribution in [-0.2, 0) is 14.3 Å². The van der Waals surface area contributed by atoms with E-state index in [1.165, 1.54) is 11.0 Å². The molecule has 34 heavy (non-hydrogen) atoms. The molecule has 2 bridgehead atoms. The van der Waals surface area contributed by atoms with Crippen LogP contribution in [0, 0.1) is 5.41 Å². The predicted molar refractivity (Wildman–Crippen MR) is 117 cm³/mol. The van der Waals surface area contributed by atoms with Crippen LogP contribution < -0.4 is 0 Å². The summed E-state index contributed by atoms with van der Waals surface area (Å²) in [5, 5.41) is 22.0. The fraction of sp³-hybridized carbons (Fsp3) is 0.565. The van der Waals surface area contributed by atoms with Crippen molar-refractivity contribution >= 4 is 11.9 Å². The van der Waals surface area contributed by atoms with Crippen molar-refractivity contribution in [1.29, 1.82) is 0 Å². The molecule has 1 N–H and O–H groups in total. The molecule has 0 saturated carbocycles. The number of ether oxygens (including phenoxy) is 1. The molecule has 3 atom stereocenters. The number of aliphatic hydroxyl groups is 1. The van der Waals surface area contributed by atoms with Crippen LogP contribution >= 0.6 is 0 Å². The predicted octanol–water partition coefficient (Wildman–Crippen LogP) is 0.767. The van der Waals surface area contributed by atoms with Gasteiger partial charge in [-0.05, 0) is 61.6 Å². The van der Waals surface area contributed by atoms with Crippen molar-refractivity contribution in [2.24, 2.45) is 5.41 Å². The quantitative estimate of drug-likeness (QED) is 0.637. The number of aliphatic hydroxyl groups excluding tert-OH is 1. The van der Waals surface area contributed by atoms with E-state index >= 15 is 0 Å². The molecule has 178 valence electrons. The number of esters is 1. The van der Waals surface area contributed by atoms with Gasteiger partial charge in [0.1, 0.15) is 19.0 Å². The van der Waals surface area contributed by atoms with Gasteiger partial charge in [0.15, 0.2) is 0 Å². The topological polar surface area (TPSA) is 127 Å². The molecular formula is C23H27N7O4. The van der Waals surface area contributed by atoms with Crippen LogP contribution in [0.1, 0.15) is 50.8 Å². The van der Waals surface area contributed by atoms with Gasteiger partial charge >= 0.3 is 5.97 Å². The second-order valence-corrected chi connectivity index (χ2v) is 9.84. The van der Waals surface area contributed by atoms with E-state index in [0.717, 1.165) is 43.5 Å². The zero-order valence-corrected chi connectivity index (χ0v) is 19.0. The van der Waals surface area contributed by atoms with E-state index in [9.17, 15) is 14.7 Å². The molecule has 1 spiro atoms. The van der Waals surface area contributed by atoms with Gasteiger partial charge in [0.2, 0.25) is 5.91 Å². The fourth-order valence-corrected chi connectivity index (χ4v) is 6.25. The monoisotopic (exact) mass is 465 g/mol. The van der Waals surface area contributed by atoms with E-state index in [0.29, 0.717) is 24.4 Å². The normalized spacial score (nSPS) is 30.0. The smallest absolute Gasteiger partial charge is 0.336 e. The third kappa shape index (κ3) is 3.33. The number of carbonyl (C=O) groups excluding carboxylic acids is 2. The summed E-state index contributed by atoms with van der Waals surface area (Å²) in [6.07, 6.45) is 6.87. The maximum absolute atomic E-state index is 13.6. The number of cyclic esters (lactones) is 1. The average Bonchev–Trinajstić information content (AvgIpc) is 3.60. The molecule has 2 aromatic rings. The summed E-state index contributed by atoms with van der Waals surface area (Å²) in [4.78, 5) is 33.9. The highest BCUT2D eigenvalue weighted by atomic mass is 16.5. The zero-order chi connectivity index (χ0) is 23.4. The maximum atomic E-state index is 13.6. The van der Waals surface area contributed by atoms with Crippen LogP contribution in [0.15, 0.2) is 35.9 Å². The number of pyridine rings is 1. The molecule has 4 aliphatic heterocycles. The van der Waals surface area contributed by atoms with E-state index in [1.807, 2.05) is 6.07 Å². The van der Waals surface area contributed by atoms with Gasteiger partial charge in [-0.1, -0.05) is 0 Å². The molecular weight excluding hydrogens is 438 g/mol. The zero-order valence-electron chi connectivity index (χ0n) is 19.0. The molecule has 0 unspecified atom stereocenters. The van der Waals surface area contributed by atoms with Crippen molar-refractivity contribution in [3.63, 3.8) is 0 Å². The van der Waals surface area contributed by atoms with E-state index in [4.69, 9.17) is 4.74 Å². The van der Waals surface area contributed by atoms with Gasteiger partial charge in [0, 0.05) is 25.2 Å². The van der Waals surface area contributed by atoms with E-state index in [1.54, 1.807) is 24.1 Å². The molecule has 3 fully saturated rings. The number of rotatable bonds is 5. The van der Waals surface area contributed by atoms with E-state index in [-0.39, 0.29) is 36.0 Å². The number of tetrazole rings is 1. The first-order valence-electron chi connectivity index (χ1n) is 11.8. The standard InChI is InChI=1S/C23H27N7O4/c1-14-19(12-34-21(14)32)28-7-6-23(22(28)33)8-15-2-3-16(9-23)29(15)11-20(31)18-5-4-17(10-24-18)30-13-25-26-27-30/h4-5,10,13,15-16,20,31H,2-3,6-9,11-12H2,1H3/t15-,16-,20+/m1/s1. The van der Waals surface area contributed by atoms with Gasteiger partial charge < -0.3 is 14.7 Å². The number of amides is 1. The minimum Gasteiger partial charge on any atom is -0.456 e. The van der Waals surface area contributed by atoms with Crippen molar-refractivity contribution in [3.05, 3.63) is 41.6 Å². The SMILES string of the molecule is CC1=C(N2CCC3(C[C@H]4CC[C@H](C3)N4C[C@H](O)c3ccc(-n4cnnn4)cn3)C2=O)COC1=O. The Labute approximate surface area is 196 Å². The molecule has 3 saturated heterocycles. The molecule has 4 aliphatic rings. The van der Waals surface area contributed by atoms with Crippen LogP contribution in [0.5, 0.6) is 0 Å². The highest BCUT2D eigenvalue weighted by molar-refractivity contribution is 5.94. The van der Waals surface area contributed by atoms with Crippen LogP contribution in [-0.4, -0.2) is 83.8 Å². The minimum absolute atomic E-state index is 0.136. The van der Waals surface area contributed by atoms with Crippen LogP contribution in [0.25, 0.3) is 5.69 Å². The number of hydrogen-bond donors (Lipinski definition) is 1. The van der Waals surface area contributed by atoms with Crippen molar-refractivity contribution in [2.75, 3.05) is 19.7 Å². The third-order valence-electron chi connectivity index (χ3n) is 8.05. The number of piperidine rings is 1. The Morgan fingerprint density at radius 3 is 2.65 bits per heavy atom. The van der Waals surface area contributed by atoms with Gasteiger partial charge in [-0.2, -0.15) is 4.68 Å². The summed E-state index contributed by atoms with van der Waals surface area (Å²) in [6, 6.07) is 4.15.